The molecule has 0 aliphatic carbocycles. The van der Waals surface area contributed by atoms with Gasteiger partial charge in [-0.1, -0.05) is 22.4 Å². The third kappa shape index (κ3) is 5.16. The predicted molar refractivity (Wildman–Crippen MR) is 87.8 cm³/mol. The Morgan fingerprint density at radius 3 is 0.800 bits per heavy atom. The summed E-state index contributed by atoms with van der Waals surface area (Å²) in [6.07, 6.45) is -12.8. The van der Waals surface area contributed by atoms with Crippen LogP contribution in [0, 0.1) is 0 Å². The summed E-state index contributed by atoms with van der Waals surface area (Å²) in [5, 5.41) is -0.0582. The topological polar surface area (TPSA) is 0 Å². The van der Waals surface area contributed by atoms with E-state index >= 15 is 0 Å². The number of halogens is 24. The van der Waals surface area contributed by atoms with Gasteiger partial charge in [-0.25, -0.2) is 0 Å². The molecule has 0 unspecified atom stereocenters. The van der Waals surface area contributed by atoms with Crippen molar-refractivity contribution < 1.29 is 101 Å². The SMILES string of the molecule is FC(F)(F)C(F)(F)C(F)(F)C(F)(F)C(F)(F)C(F)(F)C(F)(F)C(F)(F)C(F)(F)C(F)(F)C(F)(F)CCCCCBr. The summed E-state index contributed by atoms with van der Waals surface area (Å²) in [5.41, 5.74) is 0. The molecule has 0 saturated carbocycles. The first kappa shape index (κ1) is 38.9. The van der Waals surface area contributed by atoms with E-state index in [2.05, 4.69) is 15.9 Å². The van der Waals surface area contributed by atoms with Gasteiger partial charge in [0.05, 0.1) is 0 Å². The second-order valence-corrected chi connectivity index (χ2v) is 8.66. The molecule has 40 heavy (non-hydrogen) atoms. The highest BCUT2D eigenvalue weighted by atomic mass is 79.9. The second-order valence-electron chi connectivity index (χ2n) is 7.87. The van der Waals surface area contributed by atoms with E-state index in [1.807, 2.05) is 0 Å². The molecule has 0 aromatic carbocycles. The molecular weight excluding hydrogens is 709 g/mol. The lowest BCUT2D eigenvalue weighted by Gasteiger charge is -2.45. The molecule has 0 atom stereocenters. The molecule has 0 aliphatic rings. The maximum Gasteiger partial charge on any atom is 0.460 e. The van der Waals surface area contributed by atoms with Gasteiger partial charge >= 0.3 is 65.4 Å². The fourth-order valence-electron chi connectivity index (χ4n) is 2.56. The van der Waals surface area contributed by atoms with Crippen LogP contribution in [0.5, 0.6) is 0 Å². The lowest BCUT2D eigenvalue weighted by Crippen LogP contribution is -2.77. The Labute approximate surface area is 214 Å². The number of hydrogen-bond acceptors (Lipinski definition) is 0. The van der Waals surface area contributed by atoms with Gasteiger partial charge in [0.2, 0.25) is 0 Å². The lowest BCUT2D eigenvalue weighted by molar-refractivity contribution is -0.478. The minimum Gasteiger partial charge on any atom is -0.200 e. The van der Waals surface area contributed by atoms with Gasteiger partial charge < -0.3 is 0 Å². The standard InChI is InChI=1S/C16H10BrF23/c17-5-3-1-2-4-6(18,19)7(20,21)8(22,23)9(24,25)10(26,27)11(28,29)12(30,31)13(32,33)14(34,35)15(36,37)16(38,39)40/h1-5H2. The summed E-state index contributed by atoms with van der Waals surface area (Å²) < 4.78 is 305. The van der Waals surface area contributed by atoms with Crippen molar-refractivity contribution in [1.29, 1.82) is 0 Å². The van der Waals surface area contributed by atoms with Gasteiger partial charge in [0, 0.05) is 11.8 Å². The maximum absolute atomic E-state index is 13.7. The fraction of sp³-hybridized carbons (Fsp3) is 1.00. The average molecular weight is 719 g/mol. The quantitative estimate of drug-likeness (QED) is 0.0954. The van der Waals surface area contributed by atoms with Crippen LogP contribution in [0.1, 0.15) is 25.7 Å². The molecule has 0 saturated heterocycles. The van der Waals surface area contributed by atoms with Crippen molar-refractivity contribution >= 4 is 15.9 Å². The average Bonchev–Trinajstić information content (AvgIpc) is 2.74. The Morgan fingerprint density at radius 1 is 0.300 bits per heavy atom. The molecule has 0 radical (unpaired) electrons. The van der Waals surface area contributed by atoms with E-state index < -0.39 is 84.7 Å². The molecule has 0 aromatic rings. The molecule has 0 heterocycles. The highest BCUT2D eigenvalue weighted by Gasteiger charge is 2.98. The van der Waals surface area contributed by atoms with Crippen molar-refractivity contribution in [3.63, 3.8) is 0 Å². The molecule has 0 bridgehead atoms. The van der Waals surface area contributed by atoms with Crippen molar-refractivity contribution in [3.05, 3.63) is 0 Å². The minimum atomic E-state index is -9.36. The van der Waals surface area contributed by atoms with Crippen LogP contribution in [0.25, 0.3) is 0 Å². The molecule has 0 fully saturated rings. The van der Waals surface area contributed by atoms with Crippen LogP contribution < -0.4 is 0 Å². The molecule has 24 heteroatoms. The third-order valence-electron chi connectivity index (χ3n) is 5.09. The highest BCUT2D eigenvalue weighted by molar-refractivity contribution is 9.09. The van der Waals surface area contributed by atoms with Gasteiger partial charge in [-0.15, -0.1) is 0 Å². The molecule has 242 valence electrons. The Kier molecular flexibility index (Phi) is 10.2. The molecule has 0 aliphatic heterocycles. The van der Waals surface area contributed by atoms with E-state index in [1.54, 1.807) is 0 Å². The highest BCUT2D eigenvalue weighted by Crippen LogP contribution is 2.67. The fourth-order valence-corrected chi connectivity index (χ4v) is 2.96. The number of hydrogen-bond donors (Lipinski definition) is 0. The van der Waals surface area contributed by atoms with E-state index in [1.165, 1.54) is 0 Å². The third-order valence-corrected chi connectivity index (χ3v) is 5.66. The van der Waals surface area contributed by atoms with Gasteiger partial charge in [0.15, 0.2) is 0 Å². The van der Waals surface area contributed by atoms with Gasteiger partial charge in [-0.3, -0.25) is 0 Å². The monoisotopic (exact) mass is 718 g/mol. The molecular formula is C16H10BrF23. The zero-order chi connectivity index (χ0) is 33.0. The van der Waals surface area contributed by atoms with Gasteiger partial charge in [0.25, 0.3) is 0 Å². The summed E-state index contributed by atoms with van der Waals surface area (Å²) in [4.78, 5) is 0. The molecule has 0 N–H and O–H groups in total. The largest absolute Gasteiger partial charge is 0.460 e. The zero-order valence-electron chi connectivity index (χ0n) is 18.1. The van der Waals surface area contributed by atoms with Crippen LogP contribution in [0.3, 0.4) is 0 Å². The number of alkyl halides is 24. The van der Waals surface area contributed by atoms with E-state index in [0.717, 1.165) is 0 Å². The van der Waals surface area contributed by atoms with Crippen molar-refractivity contribution in [1.82, 2.24) is 0 Å². The summed E-state index contributed by atoms with van der Waals surface area (Å²) >= 11 is 2.66. The van der Waals surface area contributed by atoms with Crippen LogP contribution >= 0.6 is 15.9 Å². The molecule has 0 amide bonds. The smallest absolute Gasteiger partial charge is 0.200 e. The Morgan fingerprint density at radius 2 is 0.550 bits per heavy atom. The summed E-state index contributed by atoms with van der Waals surface area (Å²) in [7, 11) is 0. The van der Waals surface area contributed by atoms with Crippen LogP contribution in [0.4, 0.5) is 101 Å². The first-order chi connectivity index (χ1) is 17.1. The lowest BCUT2D eigenvalue weighted by atomic mass is 9.85. The van der Waals surface area contributed by atoms with Gasteiger partial charge in [0.1, 0.15) is 0 Å². The summed E-state index contributed by atoms with van der Waals surface area (Å²) in [6, 6.07) is 0. The van der Waals surface area contributed by atoms with Crippen LogP contribution in [-0.2, 0) is 0 Å². The van der Waals surface area contributed by atoms with Crippen LogP contribution in [-0.4, -0.2) is 70.7 Å². The molecule has 0 nitrogen and oxygen atoms in total. The Balaban J connectivity index is 6.98. The normalized spacial score (nSPS) is 16.5. The van der Waals surface area contributed by atoms with Crippen molar-refractivity contribution in [2.75, 3.05) is 5.33 Å². The van der Waals surface area contributed by atoms with Gasteiger partial charge in [-0.05, 0) is 12.8 Å². The van der Waals surface area contributed by atoms with E-state index in [0.29, 0.717) is 0 Å². The first-order valence-corrected chi connectivity index (χ1v) is 10.6. The minimum absolute atomic E-state index is 0.0582. The van der Waals surface area contributed by atoms with Crippen molar-refractivity contribution in [2.45, 2.75) is 91.1 Å². The molecule has 0 aromatic heterocycles. The van der Waals surface area contributed by atoms with E-state index in [-0.39, 0.29) is 11.8 Å². The van der Waals surface area contributed by atoms with E-state index in [4.69, 9.17) is 0 Å². The van der Waals surface area contributed by atoms with Crippen molar-refractivity contribution in [2.24, 2.45) is 0 Å². The number of unbranched alkanes of at least 4 members (excludes halogenated alkanes) is 2. The van der Waals surface area contributed by atoms with Crippen LogP contribution in [0.2, 0.25) is 0 Å². The van der Waals surface area contributed by atoms with Crippen molar-refractivity contribution in [3.8, 4) is 0 Å². The summed E-state index contributed by atoms with van der Waals surface area (Å²) in [6.45, 7) is 0. The van der Waals surface area contributed by atoms with Gasteiger partial charge in [-0.2, -0.15) is 101 Å². The Hall–Kier alpha value is -1.13. The molecule has 0 spiro atoms. The zero-order valence-corrected chi connectivity index (χ0v) is 19.7. The Bertz CT molecular complexity index is 869. The first-order valence-electron chi connectivity index (χ1n) is 9.47. The second kappa shape index (κ2) is 10.5. The predicted octanol–water partition coefficient (Wildman–Crippen LogP) is 9.86. The van der Waals surface area contributed by atoms with E-state index in [9.17, 15) is 101 Å². The molecule has 0 rings (SSSR count). The maximum atomic E-state index is 13.7. The van der Waals surface area contributed by atoms with Crippen LogP contribution in [0.15, 0.2) is 0 Å². The summed E-state index contributed by atoms with van der Waals surface area (Å²) in [5.74, 6) is -86.9. The number of rotatable bonds is 14.